The zero-order chi connectivity index (χ0) is 32.6. The van der Waals surface area contributed by atoms with E-state index in [0.717, 1.165) is 11.1 Å². The number of carboxylic acid groups (broad SMARTS) is 1. The van der Waals surface area contributed by atoms with Crippen molar-refractivity contribution in [2.75, 3.05) is 19.0 Å². The van der Waals surface area contributed by atoms with Gasteiger partial charge >= 0.3 is 5.97 Å². The fourth-order valence-corrected chi connectivity index (χ4v) is 4.78. The lowest BCUT2D eigenvalue weighted by Gasteiger charge is -2.21. The predicted molar refractivity (Wildman–Crippen MR) is 169 cm³/mol. The molecule has 0 unspecified atom stereocenters. The number of ether oxygens (including phenoxy) is 1. The number of carbonyl (C=O) groups excluding carboxylic acids is 2. The van der Waals surface area contributed by atoms with E-state index in [9.17, 15) is 23.9 Å². The molecule has 0 spiro atoms. The van der Waals surface area contributed by atoms with Gasteiger partial charge in [-0.3, -0.25) is 14.4 Å². The van der Waals surface area contributed by atoms with E-state index in [0.29, 0.717) is 45.4 Å². The first-order valence-electron chi connectivity index (χ1n) is 14.3. The topological polar surface area (TPSA) is 135 Å². The summed E-state index contributed by atoms with van der Waals surface area (Å²) in [5.41, 5.74) is 4.92. The number of alkyl halides is 1. The second-order valence-electron chi connectivity index (χ2n) is 10.6. The quantitative estimate of drug-likeness (QED) is 0.171. The SMILES string of the molecule is COc1ccc(CC(=O)Nc2ccc(C(=O)N(CC(=O)O)Cc3ccc(-c4nc(-c5ccc(C)cc5)no4)cc3)cc2)c(CF)c1. The molecule has 0 aliphatic rings. The molecule has 0 aliphatic carbocycles. The monoisotopic (exact) mass is 622 g/mol. The number of amides is 2. The molecular formula is C35H31FN4O6. The molecule has 5 rings (SSSR count). The third-order valence-electron chi connectivity index (χ3n) is 7.25. The highest BCUT2D eigenvalue weighted by atomic mass is 19.1. The van der Waals surface area contributed by atoms with Crippen LogP contribution in [0.2, 0.25) is 0 Å². The third-order valence-corrected chi connectivity index (χ3v) is 7.25. The number of hydrogen-bond donors (Lipinski definition) is 2. The molecule has 0 saturated carbocycles. The van der Waals surface area contributed by atoms with E-state index in [1.807, 2.05) is 31.2 Å². The Balaban J connectivity index is 1.23. The summed E-state index contributed by atoms with van der Waals surface area (Å²) < 4.78 is 24.0. The fraction of sp³-hybridized carbons (Fsp3) is 0.171. The van der Waals surface area contributed by atoms with Gasteiger partial charge in [-0.05, 0) is 72.1 Å². The number of benzene rings is 4. The molecule has 1 aromatic heterocycles. The van der Waals surface area contributed by atoms with Crippen molar-refractivity contribution in [1.82, 2.24) is 15.0 Å². The van der Waals surface area contributed by atoms with Crippen LogP contribution < -0.4 is 10.1 Å². The highest BCUT2D eigenvalue weighted by molar-refractivity contribution is 5.97. The van der Waals surface area contributed by atoms with E-state index in [1.54, 1.807) is 54.6 Å². The number of rotatable bonds is 12. The minimum Gasteiger partial charge on any atom is -0.497 e. The first-order valence-corrected chi connectivity index (χ1v) is 14.3. The molecule has 0 aliphatic heterocycles. The maximum atomic E-state index is 13.5. The molecule has 0 atom stereocenters. The standard InChI is InChI=1S/C35H31FN4O6/c1-22-3-7-24(8-4-22)33-38-34(46-39-33)25-9-5-23(6-10-25)20-40(21-32(42)43)35(44)26-11-14-29(15-12-26)37-31(41)18-27-13-16-30(45-2)17-28(27)19-36/h3-17H,18-21H2,1-2H3,(H,37,41)(H,42,43). The molecule has 1 heterocycles. The Bertz CT molecular complexity index is 1840. The highest BCUT2D eigenvalue weighted by Gasteiger charge is 2.20. The van der Waals surface area contributed by atoms with Crippen molar-refractivity contribution < 1.29 is 33.1 Å². The summed E-state index contributed by atoms with van der Waals surface area (Å²) in [5.74, 6) is -0.709. The maximum Gasteiger partial charge on any atom is 0.323 e. The van der Waals surface area contributed by atoms with Gasteiger partial charge in [0, 0.05) is 28.9 Å². The number of nitrogens with zero attached hydrogens (tertiary/aromatic N) is 3. The van der Waals surface area contributed by atoms with Gasteiger partial charge < -0.3 is 24.6 Å². The number of aliphatic carboxylic acids is 1. The lowest BCUT2D eigenvalue weighted by molar-refractivity contribution is -0.137. The number of aryl methyl sites for hydroxylation is 1. The Hall–Kier alpha value is -5.84. The molecule has 0 fully saturated rings. The van der Waals surface area contributed by atoms with Crippen molar-refractivity contribution in [2.24, 2.45) is 0 Å². The molecule has 46 heavy (non-hydrogen) atoms. The van der Waals surface area contributed by atoms with Gasteiger partial charge in [0.1, 0.15) is 19.0 Å². The van der Waals surface area contributed by atoms with E-state index in [-0.39, 0.29) is 24.4 Å². The van der Waals surface area contributed by atoms with Crippen molar-refractivity contribution in [2.45, 2.75) is 26.6 Å². The summed E-state index contributed by atoms with van der Waals surface area (Å²) >= 11 is 0. The van der Waals surface area contributed by atoms with E-state index in [2.05, 4.69) is 15.5 Å². The summed E-state index contributed by atoms with van der Waals surface area (Å²) in [5, 5.41) is 16.3. The second kappa shape index (κ2) is 14.3. The first kappa shape index (κ1) is 31.6. The molecule has 5 aromatic rings. The number of anilines is 1. The lowest BCUT2D eigenvalue weighted by Crippen LogP contribution is -2.35. The van der Waals surface area contributed by atoms with Gasteiger partial charge in [0.25, 0.3) is 11.8 Å². The smallest absolute Gasteiger partial charge is 0.323 e. The summed E-state index contributed by atoms with van der Waals surface area (Å²) in [6, 6.07) is 25.8. The van der Waals surface area contributed by atoms with Gasteiger partial charge in [-0.2, -0.15) is 4.98 Å². The highest BCUT2D eigenvalue weighted by Crippen LogP contribution is 2.24. The zero-order valence-electron chi connectivity index (χ0n) is 25.2. The van der Waals surface area contributed by atoms with Gasteiger partial charge in [-0.25, -0.2) is 4.39 Å². The lowest BCUT2D eigenvalue weighted by atomic mass is 10.0. The van der Waals surface area contributed by atoms with Crippen LogP contribution in [0, 0.1) is 6.92 Å². The van der Waals surface area contributed by atoms with Crippen molar-refractivity contribution >= 4 is 23.5 Å². The van der Waals surface area contributed by atoms with Crippen LogP contribution in [-0.2, 0) is 29.2 Å². The molecule has 2 amide bonds. The Morgan fingerprint density at radius 3 is 2.26 bits per heavy atom. The summed E-state index contributed by atoms with van der Waals surface area (Å²) in [4.78, 5) is 43.3. The predicted octanol–water partition coefficient (Wildman–Crippen LogP) is 6.10. The number of hydrogen-bond acceptors (Lipinski definition) is 7. The molecule has 0 radical (unpaired) electrons. The summed E-state index contributed by atoms with van der Waals surface area (Å²) in [7, 11) is 1.48. The number of halogens is 1. The average Bonchev–Trinajstić information content (AvgIpc) is 3.55. The molecule has 4 aromatic carbocycles. The number of aromatic nitrogens is 2. The van der Waals surface area contributed by atoms with Gasteiger partial charge in [0.05, 0.1) is 13.5 Å². The first-order chi connectivity index (χ1) is 22.2. The normalized spacial score (nSPS) is 10.8. The van der Waals surface area contributed by atoms with E-state index in [1.165, 1.54) is 24.1 Å². The minimum atomic E-state index is -1.16. The van der Waals surface area contributed by atoms with Gasteiger partial charge in [0.2, 0.25) is 11.7 Å². The number of methoxy groups -OCH3 is 1. The van der Waals surface area contributed by atoms with Gasteiger partial charge in [-0.15, -0.1) is 0 Å². The van der Waals surface area contributed by atoms with E-state index >= 15 is 0 Å². The Morgan fingerprint density at radius 2 is 1.61 bits per heavy atom. The Labute approximate surface area is 264 Å². The van der Waals surface area contributed by atoms with Crippen molar-refractivity contribution in [3.63, 3.8) is 0 Å². The van der Waals surface area contributed by atoms with Crippen LogP contribution in [0.25, 0.3) is 22.8 Å². The van der Waals surface area contributed by atoms with Crippen molar-refractivity contribution in [3.05, 3.63) is 119 Å². The molecular weight excluding hydrogens is 591 g/mol. The van der Waals surface area contributed by atoms with Crippen LogP contribution in [0.3, 0.4) is 0 Å². The van der Waals surface area contributed by atoms with E-state index in [4.69, 9.17) is 9.26 Å². The largest absolute Gasteiger partial charge is 0.497 e. The van der Waals surface area contributed by atoms with Crippen LogP contribution in [0.1, 0.15) is 32.6 Å². The number of carboxylic acids is 1. The molecule has 10 nitrogen and oxygen atoms in total. The fourth-order valence-electron chi connectivity index (χ4n) is 4.78. The molecule has 0 saturated heterocycles. The Morgan fingerprint density at radius 1 is 0.913 bits per heavy atom. The van der Waals surface area contributed by atoms with Crippen LogP contribution in [0.5, 0.6) is 5.75 Å². The van der Waals surface area contributed by atoms with Crippen LogP contribution in [0.4, 0.5) is 10.1 Å². The van der Waals surface area contributed by atoms with Crippen molar-refractivity contribution in [1.29, 1.82) is 0 Å². The van der Waals surface area contributed by atoms with E-state index < -0.39 is 25.1 Å². The molecule has 0 bridgehead atoms. The van der Waals surface area contributed by atoms with Crippen LogP contribution in [0.15, 0.2) is 95.5 Å². The molecule has 234 valence electrons. The van der Waals surface area contributed by atoms with Gasteiger partial charge in [-0.1, -0.05) is 53.2 Å². The minimum absolute atomic E-state index is 0.0428. The van der Waals surface area contributed by atoms with Crippen molar-refractivity contribution in [3.8, 4) is 28.6 Å². The summed E-state index contributed by atoms with van der Waals surface area (Å²) in [6.45, 7) is 0.790. The van der Waals surface area contributed by atoms with Crippen LogP contribution >= 0.6 is 0 Å². The number of nitrogens with one attached hydrogen (secondary N) is 1. The number of carbonyl (C=O) groups is 3. The average molecular weight is 623 g/mol. The maximum absolute atomic E-state index is 13.5. The summed E-state index contributed by atoms with van der Waals surface area (Å²) in [6.07, 6.45) is -0.0461. The van der Waals surface area contributed by atoms with Gasteiger partial charge in [0.15, 0.2) is 0 Å². The molecule has 2 N–H and O–H groups in total. The third kappa shape index (κ3) is 7.81. The molecule has 11 heteroatoms. The Kier molecular flexibility index (Phi) is 9.81. The second-order valence-corrected chi connectivity index (χ2v) is 10.6. The van der Waals surface area contributed by atoms with Crippen LogP contribution in [-0.4, -0.2) is 51.6 Å². The zero-order valence-corrected chi connectivity index (χ0v) is 25.2.